The first-order chi connectivity index (χ1) is 9.52. The number of amides is 1. The van der Waals surface area contributed by atoms with Gasteiger partial charge in [0.15, 0.2) is 0 Å². The molecule has 1 aromatic carbocycles. The maximum absolute atomic E-state index is 12.0. The number of pyridine rings is 1. The molecule has 0 aliphatic carbocycles. The summed E-state index contributed by atoms with van der Waals surface area (Å²) in [6.07, 6.45) is 1.50. The van der Waals surface area contributed by atoms with E-state index in [0.29, 0.717) is 11.5 Å². The summed E-state index contributed by atoms with van der Waals surface area (Å²) in [5, 5.41) is 10.7. The van der Waals surface area contributed by atoms with E-state index in [-0.39, 0.29) is 5.91 Å². The van der Waals surface area contributed by atoms with Gasteiger partial charge in [-0.25, -0.2) is 4.98 Å². The Balaban J connectivity index is 2.53. The van der Waals surface area contributed by atoms with Gasteiger partial charge in [-0.2, -0.15) is 0 Å². The van der Waals surface area contributed by atoms with Crippen molar-refractivity contribution in [1.82, 2.24) is 4.98 Å². The second kappa shape index (κ2) is 5.71. The summed E-state index contributed by atoms with van der Waals surface area (Å²) in [5.74, 6) is 0.262. The Morgan fingerprint density at radius 3 is 2.60 bits per heavy atom. The number of aryl methyl sites for hydroxylation is 2. The average Bonchev–Trinajstić information content (AvgIpc) is 2.41. The Hall–Kier alpha value is -2.40. The van der Waals surface area contributed by atoms with Crippen molar-refractivity contribution in [1.29, 1.82) is 0 Å². The number of aromatic nitrogens is 1. The third kappa shape index (κ3) is 2.78. The number of hydrogen-bond donors (Lipinski definition) is 1. The van der Waals surface area contributed by atoms with Gasteiger partial charge in [0.2, 0.25) is 5.91 Å². The number of benzene rings is 1. The van der Waals surface area contributed by atoms with Gasteiger partial charge in [0.1, 0.15) is 5.82 Å². The number of carbonyl (C=O) groups is 1. The minimum atomic E-state index is -0.160. The zero-order chi connectivity index (χ0) is 14.7. The first-order valence-corrected chi connectivity index (χ1v) is 6.25. The van der Waals surface area contributed by atoms with E-state index in [2.05, 4.69) is 4.98 Å². The van der Waals surface area contributed by atoms with Crippen molar-refractivity contribution in [3.63, 3.8) is 0 Å². The fourth-order valence-corrected chi connectivity index (χ4v) is 2.11. The van der Waals surface area contributed by atoms with Gasteiger partial charge in [0.25, 0.3) is 0 Å². The fourth-order valence-electron chi connectivity index (χ4n) is 2.11. The van der Waals surface area contributed by atoms with Gasteiger partial charge >= 0.3 is 0 Å². The SMILES string of the molecule is CC(=O)N(c1cc(N[O-])ccn1)c1ccc(C)cc1C. The van der Waals surface area contributed by atoms with Crippen LogP contribution in [0.4, 0.5) is 17.2 Å². The Morgan fingerprint density at radius 2 is 2.00 bits per heavy atom. The molecule has 0 radical (unpaired) electrons. The Morgan fingerprint density at radius 1 is 1.25 bits per heavy atom. The number of nitrogens with one attached hydrogen (secondary N) is 1. The molecular weight excluding hydrogens is 254 g/mol. The molecule has 0 saturated heterocycles. The van der Waals surface area contributed by atoms with Gasteiger partial charge in [-0.3, -0.25) is 9.69 Å². The fraction of sp³-hybridized carbons (Fsp3) is 0.200. The average molecular weight is 270 g/mol. The van der Waals surface area contributed by atoms with E-state index in [1.165, 1.54) is 18.0 Å². The molecule has 2 aromatic rings. The molecule has 0 saturated carbocycles. The predicted octanol–water partition coefficient (Wildman–Crippen LogP) is 3.29. The van der Waals surface area contributed by atoms with Crippen LogP contribution in [0.3, 0.4) is 0 Å². The molecule has 1 aromatic heterocycles. The lowest BCUT2D eigenvalue weighted by molar-refractivity contribution is -0.115. The lowest BCUT2D eigenvalue weighted by Crippen LogP contribution is -2.24. The molecule has 0 aliphatic heterocycles. The normalized spacial score (nSPS) is 10.2. The number of hydrogen-bond acceptors (Lipinski definition) is 4. The molecule has 1 heterocycles. The van der Waals surface area contributed by atoms with Crippen molar-refractivity contribution in [2.45, 2.75) is 20.8 Å². The van der Waals surface area contributed by atoms with Crippen LogP contribution >= 0.6 is 0 Å². The molecule has 20 heavy (non-hydrogen) atoms. The molecule has 0 spiro atoms. The van der Waals surface area contributed by atoms with Crippen LogP contribution in [0.25, 0.3) is 0 Å². The molecule has 104 valence electrons. The van der Waals surface area contributed by atoms with Crippen molar-refractivity contribution >= 4 is 23.1 Å². The van der Waals surface area contributed by atoms with Crippen LogP contribution in [-0.4, -0.2) is 10.9 Å². The lowest BCUT2D eigenvalue weighted by Gasteiger charge is -2.23. The summed E-state index contributed by atoms with van der Waals surface area (Å²) in [5.41, 5.74) is 5.04. The molecule has 0 unspecified atom stereocenters. The van der Waals surface area contributed by atoms with Crippen LogP contribution in [0, 0.1) is 19.1 Å². The number of rotatable bonds is 3. The molecule has 1 N–H and O–H groups in total. The highest BCUT2D eigenvalue weighted by atomic mass is 16.5. The maximum Gasteiger partial charge on any atom is 0.229 e. The third-order valence-electron chi connectivity index (χ3n) is 3.00. The molecule has 0 fully saturated rings. The van der Waals surface area contributed by atoms with Crippen molar-refractivity contribution in [3.8, 4) is 0 Å². The third-order valence-corrected chi connectivity index (χ3v) is 3.00. The highest BCUT2D eigenvalue weighted by Crippen LogP contribution is 2.29. The van der Waals surface area contributed by atoms with E-state index in [4.69, 9.17) is 0 Å². The van der Waals surface area contributed by atoms with Gasteiger partial charge < -0.3 is 10.7 Å². The van der Waals surface area contributed by atoms with Crippen molar-refractivity contribution in [2.24, 2.45) is 0 Å². The van der Waals surface area contributed by atoms with Crippen LogP contribution in [0.5, 0.6) is 0 Å². The van der Waals surface area contributed by atoms with Crippen LogP contribution in [0.15, 0.2) is 36.5 Å². The maximum atomic E-state index is 12.0. The van der Waals surface area contributed by atoms with Crippen LogP contribution in [0.1, 0.15) is 18.1 Å². The van der Waals surface area contributed by atoms with Gasteiger partial charge in [-0.15, -0.1) is 0 Å². The van der Waals surface area contributed by atoms with E-state index in [1.54, 1.807) is 12.1 Å². The Bertz CT molecular complexity index is 641. The first-order valence-electron chi connectivity index (χ1n) is 6.25. The minimum absolute atomic E-state index is 0.160. The van der Waals surface area contributed by atoms with Crippen LogP contribution < -0.4 is 10.4 Å². The quantitative estimate of drug-likeness (QED) is 0.869. The van der Waals surface area contributed by atoms with Gasteiger partial charge in [0, 0.05) is 24.9 Å². The van der Waals surface area contributed by atoms with Crippen molar-refractivity contribution < 1.29 is 4.79 Å². The molecule has 5 heteroatoms. The zero-order valence-corrected chi connectivity index (χ0v) is 11.7. The van der Waals surface area contributed by atoms with Gasteiger partial charge in [-0.05, 0) is 31.5 Å². The van der Waals surface area contributed by atoms with E-state index in [9.17, 15) is 10.0 Å². The lowest BCUT2D eigenvalue weighted by atomic mass is 10.1. The smallest absolute Gasteiger partial charge is 0.229 e. The monoisotopic (exact) mass is 270 g/mol. The molecule has 2 rings (SSSR count). The topological polar surface area (TPSA) is 68.3 Å². The standard InChI is InChI=1S/C15H16N3O2/c1-10-4-5-14(11(2)8-10)18(12(3)19)15-9-13(17-20)6-7-16-15/h4-9H,1-3H3,(H-,16,17,20)/q-1. The second-order valence-electron chi connectivity index (χ2n) is 4.65. The minimum Gasteiger partial charge on any atom is -0.761 e. The molecule has 1 amide bonds. The van der Waals surface area contributed by atoms with Crippen LogP contribution in [-0.2, 0) is 4.79 Å². The predicted molar refractivity (Wildman–Crippen MR) is 80.0 cm³/mol. The Kier molecular flexibility index (Phi) is 4.00. The summed E-state index contributed by atoms with van der Waals surface area (Å²) in [4.78, 5) is 17.6. The molecule has 0 bridgehead atoms. The van der Waals surface area contributed by atoms with E-state index in [0.717, 1.165) is 16.8 Å². The van der Waals surface area contributed by atoms with E-state index >= 15 is 0 Å². The highest BCUT2D eigenvalue weighted by Gasteiger charge is 2.17. The molecule has 0 aliphatic rings. The zero-order valence-electron chi connectivity index (χ0n) is 11.7. The van der Waals surface area contributed by atoms with Crippen molar-refractivity contribution in [2.75, 3.05) is 10.4 Å². The van der Waals surface area contributed by atoms with Crippen LogP contribution in [0.2, 0.25) is 0 Å². The number of carbonyl (C=O) groups excluding carboxylic acids is 1. The largest absolute Gasteiger partial charge is 0.761 e. The first kappa shape index (κ1) is 14.0. The highest BCUT2D eigenvalue weighted by molar-refractivity contribution is 5.99. The van der Waals surface area contributed by atoms with Gasteiger partial charge in [0.05, 0.1) is 5.69 Å². The molecular formula is C15H16N3O2-. The summed E-state index contributed by atoms with van der Waals surface area (Å²) in [6, 6.07) is 8.92. The summed E-state index contributed by atoms with van der Waals surface area (Å²) >= 11 is 0. The summed E-state index contributed by atoms with van der Waals surface area (Å²) in [7, 11) is 0. The Labute approximate surface area is 117 Å². The number of nitrogens with zero attached hydrogens (tertiary/aromatic N) is 2. The molecule has 5 nitrogen and oxygen atoms in total. The summed E-state index contributed by atoms with van der Waals surface area (Å²) < 4.78 is 0. The molecule has 0 atom stereocenters. The van der Waals surface area contributed by atoms with Gasteiger partial charge in [-0.1, -0.05) is 17.7 Å². The van der Waals surface area contributed by atoms with Crippen molar-refractivity contribution in [3.05, 3.63) is 52.9 Å². The van der Waals surface area contributed by atoms with E-state index in [1.807, 2.05) is 37.5 Å². The second-order valence-corrected chi connectivity index (χ2v) is 4.65. The number of anilines is 3. The summed E-state index contributed by atoms with van der Waals surface area (Å²) in [6.45, 7) is 5.40. The van der Waals surface area contributed by atoms with E-state index < -0.39 is 0 Å².